The van der Waals surface area contributed by atoms with Gasteiger partial charge in [0.25, 0.3) is 5.91 Å². The van der Waals surface area contributed by atoms with E-state index in [1.807, 2.05) is 0 Å². The summed E-state index contributed by atoms with van der Waals surface area (Å²) in [6.07, 6.45) is 5.35. The average Bonchev–Trinajstić information content (AvgIpc) is 2.91. The summed E-state index contributed by atoms with van der Waals surface area (Å²) in [6, 6.07) is 1.24. The molecule has 1 aliphatic rings. The topological polar surface area (TPSA) is 87.7 Å². The molecule has 0 bridgehead atoms. The first-order chi connectivity index (χ1) is 9.63. The maximum absolute atomic E-state index is 12.2. The second kappa shape index (κ2) is 6.95. The van der Waals surface area contributed by atoms with E-state index >= 15 is 0 Å². The minimum atomic E-state index is -0.439. The van der Waals surface area contributed by atoms with Gasteiger partial charge in [0.1, 0.15) is 4.88 Å². The van der Waals surface area contributed by atoms with Crippen LogP contribution in [0.3, 0.4) is 0 Å². The monoisotopic (exact) mass is 315 g/mol. The SMILES string of the molecule is N/C(=N/O)C(NC(=O)c1sccc1Cl)C1CCCCC1. The van der Waals surface area contributed by atoms with Crippen molar-refractivity contribution in [3.8, 4) is 0 Å². The van der Waals surface area contributed by atoms with Crippen LogP contribution in [-0.2, 0) is 0 Å². The summed E-state index contributed by atoms with van der Waals surface area (Å²) in [4.78, 5) is 12.7. The summed E-state index contributed by atoms with van der Waals surface area (Å²) in [5.74, 6) is -0.00700. The number of hydrogen-bond donors (Lipinski definition) is 3. The van der Waals surface area contributed by atoms with Crippen molar-refractivity contribution >= 4 is 34.7 Å². The van der Waals surface area contributed by atoms with Crippen LogP contribution in [0.5, 0.6) is 0 Å². The van der Waals surface area contributed by atoms with Crippen molar-refractivity contribution in [1.82, 2.24) is 5.32 Å². The highest BCUT2D eigenvalue weighted by Crippen LogP contribution is 2.28. The molecule has 2 rings (SSSR count). The molecule has 0 saturated heterocycles. The van der Waals surface area contributed by atoms with Crippen molar-refractivity contribution in [2.45, 2.75) is 38.1 Å². The lowest BCUT2D eigenvalue weighted by Gasteiger charge is -2.29. The van der Waals surface area contributed by atoms with E-state index in [0.717, 1.165) is 25.7 Å². The Bertz CT molecular complexity index is 498. The van der Waals surface area contributed by atoms with Crippen LogP contribution in [0.4, 0.5) is 0 Å². The maximum Gasteiger partial charge on any atom is 0.263 e. The molecule has 1 heterocycles. The molecule has 4 N–H and O–H groups in total. The summed E-state index contributed by atoms with van der Waals surface area (Å²) in [5, 5.41) is 17.0. The smallest absolute Gasteiger partial charge is 0.263 e. The van der Waals surface area contributed by atoms with Gasteiger partial charge in [-0.15, -0.1) is 11.3 Å². The standard InChI is InChI=1S/C13H18ClN3O2S/c14-9-6-7-20-11(9)13(18)16-10(12(15)17-19)8-4-2-1-3-5-8/h6-8,10,19H,1-5H2,(H2,15,17)(H,16,18). The second-order valence-corrected chi connectivity index (χ2v) is 6.30. The molecule has 0 radical (unpaired) electrons. The number of rotatable bonds is 4. The molecule has 110 valence electrons. The number of amides is 1. The van der Waals surface area contributed by atoms with Crippen LogP contribution in [0.2, 0.25) is 5.02 Å². The number of nitrogens with two attached hydrogens (primary N) is 1. The molecule has 1 aromatic rings. The average molecular weight is 316 g/mol. The molecule has 0 aromatic carbocycles. The van der Waals surface area contributed by atoms with E-state index in [-0.39, 0.29) is 17.7 Å². The van der Waals surface area contributed by atoms with Crippen LogP contribution in [0, 0.1) is 5.92 Å². The number of oxime groups is 1. The Morgan fingerprint density at radius 2 is 2.20 bits per heavy atom. The van der Waals surface area contributed by atoms with Gasteiger partial charge in [0.15, 0.2) is 5.84 Å². The Balaban J connectivity index is 2.11. The molecule has 1 saturated carbocycles. The fourth-order valence-corrected chi connectivity index (χ4v) is 3.67. The number of thiophene rings is 1. The highest BCUT2D eigenvalue weighted by atomic mass is 35.5. The van der Waals surface area contributed by atoms with Gasteiger partial charge in [-0.2, -0.15) is 0 Å². The Labute approximate surface area is 126 Å². The summed E-state index contributed by atoms with van der Waals surface area (Å²) in [6.45, 7) is 0. The van der Waals surface area contributed by atoms with Crippen molar-refractivity contribution in [3.05, 3.63) is 21.3 Å². The molecular weight excluding hydrogens is 298 g/mol. The van der Waals surface area contributed by atoms with Crippen molar-refractivity contribution in [2.24, 2.45) is 16.8 Å². The maximum atomic E-state index is 12.2. The quantitative estimate of drug-likeness (QED) is 0.345. The van der Waals surface area contributed by atoms with Gasteiger partial charge in [0, 0.05) is 0 Å². The number of carbonyl (C=O) groups is 1. The zero-order valence-corrected chi connectivity index (χ0v) is 12.6. The number of halogens is 1. The molecule has 1 unspecified atom stereocenters. The van der Waals surface area contributed by atoms with E-state index in [1.165, 1.54) is 17.8 Å². The van der Waals surface area contributed by atoms with Gasteiger partial charge in [0.05, 0.1) is 11.1 Å². The Morgan fingerprint density at radius 1 is 1.50 bits per heavy atom. The molecule has 1 atom stereocenters. The Hall–Kier alpha value is -1.27. The molecule has 1 amide bonds. The lowest BCUT2D eigenvalue weighted by atomic mass is 9.83. The van der Waals surface area contributed by atoms with Crippen LogP contribution in [-0.4, -0.2) is 23.0 Å². The molecule has 1 fully saturated rings. The van der Waals surface area contributed by atoms with Crippen molar-refractivity contribution in [2.75, 3.05) is 0 Å². The van der Waals surface area contributed by atoms with Crippen LogP contribution >= 0.6 is 22.9 Å². The van der Waals surface area contributed by atoms with E-state index in [4.69, 9.17) is 22.5 Å². The van der Waals surface area contributed by atoms with E-state index < -0.39 is 6.04 Å². The highest BCUT2D eigenvalue weighted by molar-refractivity contribution is 7.12. The van der Waals surface area contributed by atoms with E-state index in [9.17, 15) is 4.79 Å². The third-order valence-corrected chi connectivity index (χ3v) is 5.01. The van der Waals surface area contributed by atoms with Crippen molar-refractivity contribution in [3.63, 3.8) is 0 Å². The molecule has 0 spiro atoms. The number of carbonyl (C=O) groups excluding carboxylic acids is 1. The normalized spacial score (nSPS) is 18.8. The number of nitrogens with one attached hydrogen (secondary N) is 1. The highest BCUT2D eigenvalue weighted by Gasteiger charge is 2.29. The molecule has 7 heteroatoms. The van der Waals surface area contributed by atoms with Gasteiger partial charge in [-0.05, 0) is 30.2 Å². The summed E-state index contributed by atoms with van der Waals surface area (Å²) in [5.41, 5.74) is 5.74. The summed E-state index contributed by atoms with van der Waals surface area (Å²) >= 11 is 7.23. The number of nitrogens with zero attached hydrogens (tertiary/aromatic N) is 1. The Kier molecular flexibility index (Phi) is 5.25. The molecule has 1 aliphatic carbocycles. The minimum Gasteiger partial charge on any atom is -0.409 e. The van der Waals surface area contributed by atoms with Crippen LogP contribution in [0.25, 0.3) is 0 Å². The first-order valence-electron chi connectivity index (χ1n) is 6.64. The number of amidine groups is 1. The Morgan fingerprint density at radius 3 is 2.75 bits per heavy atom. The van der Waals surface area contributed by atoms with E-state index in [2.05, 4.69) is 10.5 Å². The third-order valence-electron chi connectivity index (χ3n) is 3.67. The summed E-state index contributed by atoms with van der Waals surface area (Å²) < 4.78 is 0. The van der Waals surface area contributed by atoms with Gasteiger partial charge in [-0.3, -0.25) is 4.79 Å². The predicted octanol–water partition coefficient (Wildman–Crippen LogP) is 2.83. The van der Waals surface area contributed by atoms with Gasteiger partial charge in [-0.1, -0.05) is 36.0 Å². The van der Waals surface area contributed by atoms with Crippen molar-refractivity contribution < 1.29 is 10.0 Å². The molecular formula is C13H18ClN3O2S. The molecule has 5 nitrogen and oxygen atoms in total. The fourth-order valence-electron chi connectivity index (χ4n) is 2.63. The predicted molar refractivity (Wildman–Crippen MR) is 80.6 cm³/mol. The second-order valence-electron chi connectivity index (χ2n) is 4.97. The van der Waals surface area contributed by atoms with E-state index in [0.29, 0.717) is 9.90 Å². The van der Waals surface area contributed by atoms with Gasteiger partial charge in [0.2, 0.25) is 0 Å². The van der Waals surface area contributed by atoms with E-state index in [1.54, 1.807) is 11.4 Å². The van der Waals surface area contributed by atoms with Crippen LogP contribution in [0.15, 0.2) is 16.6 Å². The third kappa shape index (κ3) is 3.43. The lowest BCUT2D eigenvalue weighted by Crippen LogP contribution is -2.49. The van der Waals surface area contributed by atoms with Gasteiger partial charge in [-0.25, -0.2) is 0 Å². The lowest BCUT2D eigenvalue weighted by molar-refractivity contribution is 0.0934. The molecule has 0 aliphatic heterocycles. The zero-order chi connectivity index (χ0) is 14.5. The first-order valence-corrected chi connectivity index (χ1v) is 7.90. The molecule has 1 aromatic heterocycles. The van der Waals surface area contributed by atoms with Crippen LogP contribution < -0.4 is 11.1 Å². The largest absolute Gasteiger partial charge is 0.409 e. The van der Waals surface area contributed by atoms with Gasteiger partial charge < -0.3 is 16.3 Å². The summed E-state index contributed by atoms with van der Waals surface area (Å²) in [7, 11) is 0. The van der Waals surface area contributed by atoms with Gasteiger partial charge >= 0.3 is 0 Å². The van der Waals surface area contributed by atoms with Crippen molar-refractivity contribution in [1.29, 1.82) is 0 Å². The fraction of sp³-hybridized carbons (Fsp3) is 0.538. The number of hydrogen-bond acceptors (Lipinski definition) is 4. The van der Waals surface area contributed by atoms with Crippen LogP contribution in [0.1, 0.15) is 41.8 Å². The first kappa shape index (κ1) is 15.1. The zero-order valence-electron chi connectivity index (χ0n) is 11.0. The minimum absolute atomic E-state index is 0.0536. The molecule has 20 heavy (non-hydrogen) atoms.